The molecule has 1 aliphatic rings. The Bertz CT molecular complexity index is 495. The van der Waals surface area contributed by atoms with Gasteiger partial charge in [0.25, 0.3) is 0 Å². The number of nitrogens with one attached hydrogen (secondary N) is 1. The maximum Gasteiger partial charge on any atom is 0.221 e. The van der Waals surface area contributed by atoms with Gasteiger partial charge in [0, 0.05) is 18.5 Å². The van der Waals surface area contributed by atoms with Gasteiger partial charge in [0.05, 0.1) is 19.8 Å². The Balaban J connectivity index is 2.35. The zero-order valence-electron chi connectivity index (χ0n) is 10.5. The Labute approximate surface area is 109 Å². The normalized spacial score (nSPS) is 26.4. The van der Waals surface area contributed by atoms with Crippen LogP contribution < -0.4 is 5.32 Å². The molecule has 104 valence electrons. The number of ether oxygens (including phenoxy) is 1. The quantitative estimate of drug-likeness (QED) is 0.878. The minimum Gasteiger partial charge on any atom is -0.393 e. The minimum absolute atomic E-state index is 0.00248. The van der Waals surface area contributed by atoms with E-state index in [0.717, 1.165) is 6.07 Å². The topological polar surface area (TPSA) is 58.6 Å². The number of aliphatic hydroxyl groups excluding tert-OH is 1. The van der Waals surface area contributed by atoms with Crippen LogP contribution in [0.5, 0.6) is 0 Å². The van der Waals surface area contributed by atoms with E-state index in [2.05, 4.69) is 5.32 Å². The lowest BCUT2D eigenvalue weighted by Crippen LogP contribution is -2.35. The zero-order valence-corrected chi connectivity index (χ0v) is 10.5. The maximum absolute atomic E-state index is 14.3. The lowest BCUT2D eigenvalue weighted by Gasteiger charge is -2.24. The fraction of sp³-hybridized carbons (Fsp3) is 0.462. The van der Waals surface area contributed by atoms with Crippen LogP contribution in [0, 0.1) is 5.82 Å². The summed E-state index contributed by atoms with van der Waals surface area (Å²) in [6.07, 6.45) is 0. The predicted octanol–water partition coefficient (Wildman–Crippen LogP) is 1.60. The SMILES string of the molecule is CC(=O)Nc1ccc(F)c([C@H]2COC[C@@]2(F)CO)c1. The Hall–Kier alpha value is -1.53. The number of rotatable bonds is 3. The number of amides is 1. The zero-order chi connectivity index (χ0) is 14.0. The van der Waals surface area contributed by atoms with E-state index < -0.39 is 24.0 Å². The molecule has 1 aliphatic heterocycles. The highest BCUT2D eigenvalue weighted by Crippen LogP contribution is 2.39. The number of hydrogen-bond donors (Lipinski definition) is 2. The average molecular weight is 271 g/mol. The van der Waals surface area contributed by atoms with Gasteiger partial charge in [0.2, 0.25) is 5.91 Å². The van der Waals surface area contributed by atoms with E-state index in [1.807, 2.05) is 0 Å². The smallest absolute Gasteiger partial charge is 0.221 e. The van der Waals surface area contributed by atoms with Gasteiger partial charge in [-0.25, -0.2) is 8.78 Å². The molecule has 19 heavy (non-hydrogen) atoms. The van der Waals surface area contributed by atoms with Gasteiger partial charge >= 0.3 is 0 Å². The summed E-state index contributed by atoms with van der Waals surface area (Å²) in [4.78, 5) is 11.0. The van der Waals surface area contributed by atoms with E-state index in [-0.39, 0.29) is 24.7 Å². The maximum atomic E-state index is 14.3. The van der Waals surface area contributed by atoms with Gasteiger partial charge in [0.1, 0.15) is 5.82 Å². The van der Waals surface area contributed by atoms with Crippen molar-refractivity contribution in [3.8, 4) is 0 Å². The number of hydrogen-bond acceptors (Lipinski definition) is 3. The molecule has 2 atom stereocenters. The Morgan fingerprint density at radius 2 is 2.37 bits per heavy atom. The molecule has 1 aromatic rings. The molecule has 0 saturated carbocycles. The lowest BCUT2D eigenvalue weighted by atomic mass is 9.86. The van der Waals surface area contributed by atoms with Crippen molar-refractivity contribution >= 4 is 11.6 Å². The highest BCUT2D eigenvalue weighted by atomic mass is 19.1. The van der Waals surface area contributed by atoms with Crippen molar-refractivity contribution in [2.45, 2.75) is 18.5 Å². The number of alkyl halides is 1. The van der Waals surface area contributed by atoms with E-state index in [4.69, 9.17) is 9.84 Å². The third kappa shape index (κ3) is 2.74. The fourth-order valence-electron chi connectivity index (χ4n) is 2.21. The van der Waals surface area contributed by atoms with Crippen molar-refractivity contribution in [1.82, 2.24) is 0 Å². The third-order valence-electron chi connectivity index (χ3n) is 3.21. The number of benzene rings is 1. The highest BCUT2D eigenvalue weighted by Gasteiger charge is 2.46. The van der Waals surface area contributed by atoms with Crippen molar-refractivity contribution in [1.29, 1.82) is 0 Å². The lowest BCUT2D eigenvalue weighted by molar-refractivity contribution is -0.114. The monoisotopic (exact) mass is 271 g/mol. The predicted molar refractivity (Wildman–Crippen MR) is 65.2 cm³/mol. The molecule has 2 N–H and O–H groups in total. The summed E-state index contributed by atoms with van der Waals surface area (Å²) >= 11 is 0. The van der Waals surface area contributed by atoms with Crippen molar-refractivity contribution in [3.05, 3.63) is 29.6 Å². The minimum atomic E-state index is -1.99. The highest BCUT2D eigenvalue weighted by molar-refractivity contribution is 5.88. The van der Waals surface area contributed by atoms with Gasteiger partial charge in [-0.15, -0.1) is 0 Å². The molecule has 0 aromatic heterocycles. The Kier molecular flexibility index (Phi) is 3.82. The van der Waals surface area contributed by atoms with E-state index in [0.29, 0.717) is 5.69 Å². The number of carbonyl (C=O) groups is 1. The van der Waals surface area contributed by atoms with Gasteiger partial charge in [-0.3, -0.25) is 4.79 Å². The van der Waals surface area contributed by atoms with Crippen molar-refractivity contribution in [2.24, 2.45) is 0 Å². The molecule has 6 heteroatoms. The van der Waals surface area contributed by atoms with Crippen LogP contribution in [0.1, 0.15) is 18.4 Å². The van der Waals surface area contributed by atoms with Crippen molar-refractivity contribution < 1.29 is 23.4 Å². The van der Waals surface area contributed by atoms with Crippen LogP contribution in [0.25, 0.3) is 0 Å². The first-order valence-corrected chi connectivity index (χ1v) is 5.91. The van der Waals surface area contributed by atoms with Crippen LogP contribution in [0.3, 0.4) is 0 Å². The second kappa shape index (κ2) is 5.22. The number of carbonyl (C=O) groups excluding carboxylic acids is 1. The van der Waals surface area contributed by atoms with E-state index >= 15 is 0 Å². The first kappa shape index (κ1) is 13.9. The molecule has 0 radical (unpaired) electrons. The second-order valence-electron chi connectivity index (χ2n) is 4.68. The fourth-order valence-corrected chi connectivity index (χ4v) is 2.21. The molecule has 0 aliphatic carbocycles. The summed E-state index contributed by atoms with van der Waals surface area (Å²) in [5.74, 6) is -1.76. The van der Waals surface area contributed by atoms with Gasteiger partial charge in [-0.05, 0) is 23.8 Å². The molecular weight excluding hydrogens is 256 g/mol. The van der Waals surface area contributed by atoms with Gasteiger partial charge < -0.3 is 15.2 Å². The molecule has 1 fully saturated rings. The molecule has 1 saturated heterocycles. The summed E-state index contributed by atoms with van der Waals surface area (Å²) in [5, 5.41) is 11.6. The van der Waals surface area contributed by atoms with E-state index in [1.54, 1.807) is 0 Å². The largest absolute Gasteiger partial charge is 0.393 e. The molecule has 0 bridgehead atoms. The number of aliphatic hydroxyl groups is 1. The summed E-state index contributed by atoms with van der Waals surface area (Å²) < 4.78 is 33.2. The summed E-state index contributed by atoms with van der Waals surface area (Å²) in [5.41, 5.74) is -1.51. The molecule has 0 unspecified atom stereocenters. The molecule has 0 spiro atoms. The summed E-state index contributed by atoms with van der Waals surface area (Å²) in [6, 6.07) is 3.94. The standard InChI is InChI=1S/C13H15F2NO3/c1-8(18)16-9-2-3-12(14)10(4-9)11-5-19-7-13(11,15)6-17/h2-4,11,17H,5-7H2,1H3,(H,16,18)/t11-,13+/m1/s1. The van der Waals surface area contributed by atoms with Crippen molar-refractivity contribution in [2.75, 3.05) is 25.1 Å². The molecule has 1 aromatic carbocycles. The van der Waals surface area contributed by atoms with Gasteiger partial charge in [0.15, 0.2) is 5.67 Å². The summed E-state index contributed by atoms with van der Waals surface area (Å²) in [7, 11) is 0. The van der Waals surface area contributed by atoms with Crippen LogP contribution in [0.2, 0.25) is 0 Å². The molecule has 2 rings (SSSR count). The first-order valence-electron chi connectivity index (χ1n) is 5.91. The second-order valence-corrected chi connectivity index (χ2v) is 4.68. The van der Waals surface area contributed by atoms with Crippen LogP contribution in [0.4, 0.5) is 14.5 Å². The van der Waals surface area contributed by atoms with Gasteiger partial charge in [-0.2, -0.15) is 0 Å². The Morgan fingerprint density at radius 1 is 1.63 bits per heavy atom. The number of halogens is 2. The molecule has 4 nitrogen and oxygen atoms in total. The van der Waals surface area contributed by atoms with E-state index in [9.17, 15) is 13.6 Å². The summed E-state index contributed by atoms with van der Waals surface area (Å²) in [6.45, 7) is 0.325. The number of anilines is 1. The molecular formula is C13H15F2NO3. The Morgan fingerprint density at radius 3 is 3.00 bits per heavy atom. The van der Waals surface area contributed by atoms with E-state index in [1.165, 1.54) is 19.1 Å². The van der Waals surface area contributed by atoms with Crippen LogP contribution in [0.15, 0.2) is 18.2 Å². The van der Waals surface area contributed by atoms with Crippen molar-refractivity contribution in [3.63, 3.8) is 0 Å². The van der Waals surface area contributed by atoms with Crippen LogP contribution in [-0.2, 0) is 9.53 Å². The average Bonchev–Trinajstić information content (AvgIpc) is 2.74. The van der Waals surface area contributed by atoms with Crippen LogP contribution in [-0.4, -0.2) is 36.5 Å². The van der Waals surface area contributed by atoms with Gasteiger partial charge in [-0.1, -0.05) is 0 Å². The first-order chi connectivity index (χ1) is 8.96. The molecule has 1 amide bonds. The third-order valence-corrected chi connectivity index (χ3v) is 3.21. The van der Waals surface area contributed by atoms with Crippen LogP contribution >= 0.6 is 0 Å². The molecule has 1 heterocycles.